The highest BCUT2D eigenvalue weighted by Gasteiger charge is 2.43. The number of alkyl halides is 3. The molecule has 16 heavy (non-hydrogen) atoms. The Balaban J connectivity index is 2.04. The Morgan fingerprint density at radius 3 is 2.81 bits per heavy atom. The topological polar surface area (TPSA) is 40.7 Å². The molecule has 2 aliphatic rings. The number of halogens is 3. The third-order valence-electron chi connectivity index (χ3n) is 3.64. The van der Waals surface area contributed by atoms with Gasteiger partial charge in [0.25, 0.3) is 0 Å². The van der Waals surface area contributed by atoms with E-state index >= 15 is 0 Å². The summed E-state index contributed by atoms with van der Waals surface area (Å²) in [5.74, 6) is 0.654. The minimum absolute atomic E-state index is 0.187. The predicted octanol–water partition coefficient (Wildman–Crippen LogP) is 1.68. The van der Waals surface area contributed by atoms with Crippen molar-refractivity contribution in [2.75, 3.05) is 13.1 Å². The van der Waals surface area contributed by atoms with Gasteiger partial charge in [-0.2, -0.15) is 18.3 Å². The number of fused-ring (bicyclic) bond motifs is 3. The van der Waals surface area contributed by atoms with Crippen molar-refractivity contribution >= 4 is 0 Å². The van der Waals surface area contributed by atoms with Crippen molar-refractivity contribution in [1.29, 1.82) is 0 Å². The van der Waals surface area contributed by atoms with Crippen LogP contribution in [-0.2, 0) is 12.6 Å². The molecule has 0 bridgehead atoms. The van der Waals surface area contributed by atoms with Crippen molar-refractivity contribution in [2.45, 2.75) is 24.9 Å². The van der Waals surface area contributed by atoms with Gasteiger partial charge in [0, 0.05) is 23.7 Å². The predicted molar refractivity (Wildman–Crippen MR) is 51.0 cm³/mol. The second kappa shape index (κ2) is 3.23. The van der Waals surface area contributed by atoms with Gasteiger partial charge < -0.3 is 5.32 Å². The van der Waals surface area contributed by atoms with Gasteiger partial charge in [-0.1, -0.05) is 0 Å². The third kappa shape index (κ3) is 1.36. The smallest absolute Gasteiger partial charge is 0.316 e. The lowest BCUT2D eigenvalue weighted by molar-refractivity contribution is -0.141. The zero-order valence-electron chi connectivity index (χ0n) is 8.56. The highest BCUT2D eigenvalue weighted by Crippen LogP contribution is 2.42. The Hall–Kier alpha value is -1.04. The molecule has 2 atom stereocenters. The summed E-state index contributed by atoms with van der Waals surface area (Å²) in [4.78, 5) is 0. The maximum atomic E-state index is 12.7. The van der Waals surface area contributed by atoms with Gasteiger partial charge in [-0.3, -0.25) is 5.10 Å². The molecule has 0 aromatic carbocycles. The number of rotatable bonds is 0. The molecule has 0 unspecified atom stereocenters. The summed E-state index contributed by atoms with van der Waals surface area (Å²) in [5, 5.41) is 9.27. The Morgan fingerprint density at radius 2 is 2.06 bits per heavy atom. The van der Waals surface area contributed by atoms with Crippen LogP contribution in [0.25, 0.3) is 0 Å². The van der Waals surface area contributed by atoms with Crippen LogP contribution < -0.4 is 5.32 Å². The fourth-order valence-corrected chi connectivity index (χ4v) is 2.88. The SMILES string of the molecule is FC(F)(F)c1n[nH]c2c1CC[C@H]1CNC[C@H]21. The summed E-state index contributed by atoms with van der Waals surface area (Å²) in [6, 6.07) is 0. The van der Waals surface area contributed by atoms with E-state index in [1.165, 1.54) is 0 Å². The van der Waals surface area contributed by atoms with Crippen molar-refractivity contribution in [2.24, 2.45) is 5.92 Å². The first kappa shape index (κ1) is 10.1. The Morgan fingerprint density at radius 1 is 1.25 bits per heavy atom. The van der Waals surface area contributed by atoms with Crippen molar-refractivity contribution in [1.82, 2.24) is 15.5 Å². The van der Waals surface area contributed by atoms with E-state index in [1.54, 1.807) is 0 Å². The zero-order chi connectivity index (χ0) is 11.3. The van der Waals surface area contributed by atoms with Crippen LogP contribution in [0.5, 0.6) is 0 Å². The van der Waals surface area contributed by atoms with E-state index in [-0.39, 0.29) is 5.92 Å². The zero-order valence-corrected chi connectivity index (χ0v) is 8.56. The molecule has 6 heteroatoms. The molecule has 2 N–H and O–H groups in total. The molecule has 0 amide bonds. The lowest BCUT2D eigenvalue weighted by Crippen LogP contribution is -2.20. The van der Waals surface area contributed by atoms with Crippen LogP contribution in [0.2, 0.25) is 0 Å². The Bertz CT molecular complexity index is 410. The van der Waals surface area contributed by atoms with E-state index in [2.05, 4.69) is 15.5 Å². The van der Waals surface area contributed by atoms with Crippen molar-refractivity contribution in [3.63, 3.8) is 0 Å². The van der Waals surface area contributed by atoms with Gasteiger partial charge in [-0.15, -0.1) is 0 Å². The van der Waals surface area contributed by atoms with E-state index in [9.17, 15) is 13.2 Å². The quantitative estimate of drug-likeness (QED) is 0.713. The highest BCUT2D eigenvalue weighted by atomic mass is 19.4. The highest BCUT2D eigenvalue weighted by molar-refractivity contribution is 5.34. The third-order valence-corrected chi connectivity index (χ3v) is 3.64. The molecule has 1 aliphatic heterocycles. The van der Waals surface area contributed by atoms with E-state index in [0.29, 0.717) is 23.6 Å². The van der Waals surface area contributed by atoms with Crippen molar-refractivity contribution in [3.05, 3.63) is 17.0 Å². The number of aromatic nitrogens is 2. The largest absolute Gasteiger partial charge is 0.435 e. The van der Waals surface area contributed by atoms with Crippen LogP contribution in [0.1, 0.15) is 29.3 Å². The molecular formula is C10H12F3N3. The molecule has 1 fully saturated rings. The second-order valence-corrected chi connectivity index (χ2v) is 4.53. The van der Waals surface area contributed by atoms with Gasteiger partial charge in [-0.25, -0.2) is 0 Å². The molecule has 3 nitrogen and oxygen atoms in total. The molecule has 88 valence electrons. The van der Waals surface area contributed by atoms with E-state index < -0.39 is 11.9 Å². The van der Waals surface area contributed by atoms with E-state index in [0.717, 1.165) is 19.5 Å². The molecule has 2 heterocycles. The van der Waals surface area contributed by atoms with Crippen molar-refractivity contribution in [3.8, 4) is 0 Å². The molecular weight excluding hydrogens is 219 g/mol. The van der Waals surface area contributed by atoms with Gasteiger partial charge in [0.1, 0.15) is 0 Å². The maximum Gasteiger partial charge on any atom is 0.435 e. The molecule has 1 saturated heterocycles. The average molecular weight is 231 g/mol. The van der Waals surface area contributed by atoms with E-state index in [1.807, 2.05) is 0 Å². The average Bonchev–Trinajstić information content (AvgIpc) is 2.81. The first-order valence-electron chi connectivity index (χ1n) is 5.42. The summed E-state index contributed by atoms with van der Waals surface area (Å²) >= 11 is 0. The second-order valence-electron chi connectivity index (χ2n) is 4.53. The lowest BCUT2D eigenvalue weighted by Gasteiger charge is -2.24. The molecule has 0 saturated carbocycles. The maximum absolute atomic E-state index is 12.7. The monoisotopic (exact) mass is 231 g/mol. The van der Waals surface area contributed by atoms with Crippen LogP contribution in [0.15, 0.2) is 0 Å². The summed E-state index contributed by atoms with van der Waals surface area (Å²) in [7, 11) is 0. The fraction of sp³-hybridized carbons (Fsp3) is 0.700. The van der Waals surface area contributed by atoms with Crippen LogP contribution in [0, 0.1) is 5.92 Å². The minimum Gasteiger partial charge on any atom is -0.316 e. The standard InChI is InChI=1S/C10H12F3N3/c11-10(12,13)9-6-2-1-5-3-14-4-7(5)8(6)15-16-9/h5,7,14H,1-4H2,(H,15,16)/t5-,7-/m0/s1. The van der Waals surface area contributed by atoms with E-state index in [4.69, 9.17) is 0 Å². The fourth-order valence-electron chi connectivity index (χ4n) is 2.88. The lowest BCUT2D eigenvalue weighted by atomic mass is 9.80. The first-order chi connectivity index (χ1) is 7.57. The summed E-state index contributed by atoms with van der Waals surface area (Å²) in [6.07, 6.45) is -3.01. The molecule has 1 aliphatic carbocycles. The number of hydrogen-bond donors (Lipinski definition) is 2. The summed E-state index contributed by atoms with van der Waals surface area (Å²) in [6.45, 7) is 1.67. The van der Waals surface area contributed by atoms with Gasteiger partial charge in [-0.05, 0) is 25.3 Å². The summed E-state index contributed by atoms with van der Waals surface area (Å²) < 4.78 is 38.0. The van der Waals surface area contributed by atoms with Crippen LogP contribution in [-0.4, -0.2) is 23.3 Å². The first-order valence-corrected chi connectivity index (χ1v) is 5.42. The van der Waals surface area contributed by atoms with Crippen molar-refractivity contribution < 1.29 is 13.2 Å². The summed E-state index contributed by atoms with van der Waals surface area (Å²) in [5.41, 5.74) is 0.374. The van der Waals surface area contributed by atoms with Crippen LogP contribution in [0.4, 0.5) is 13.2 Å². The van der Waals surface area contributed by atoms with Crippen LogP contribution in [0.3, 0.4) is 0 Å². The Kier molecular flexibility index (Phi) is 2.04. The number of nitrogens with zero attached hydrogens (tertiary/aromatic N) is 1. The molecule has 3 rings (SSSR count). The van der Waals surface area contributed by atoms with Crippen LogP contribution >= 0.6 is 0 Å². The number of hydrogen-bond acceptors (Lipinski definition) is 2. The normalized spacial score (nSPS) is 28.9. The molecule has 0 radical (unpaired) electrons. The minimum atomic E-state index is -4.33. The number of H-pyrrole nitrogens is 1. The Labute approximate surface area is 90.4 Å². The molecule has 1 aromatic heterocycles. The van der Waals surface area contributed by atoms with Gasteiger partial charge in [0.15, 0.2) is 5.69 Å². The molecule has 1 aromatic rings. The number of aromatic amines is 1. The number of nitrogens with one attached hydrogen (secondary N) is 2. The molecule has 0 spiro atoms. The van der Waals surface area contributed by atoms with Gasteiger partial charge >= 0.3 is 6.18 Å². The van der Waals surface area contributed by atoms with Gasteiger partial charge in [0.2, 0.25) is 0 Å². The van der Waals surface area contributed by atoms with Gasteiger partial charge in [0.05, 0.1) is 0 Å².